The number of piperazine rings is 1. The SMILES string of the molecule is C[C@@H]1CN(c2nc(C3CC3)c3c(c2C#N)CC(C)(C)OC3)CCN1C(=O)Cc1cccs1. The van der Waals surface area contributed by atoms with E-state index in [0.29, 0.717) is 44.1 Å². The zero-order valence-corrected chi connectivity index (χ0v) is 19.9. The van der Waals surface area contributed by atoms with E-state index < -0.39 is 0 Å². The Morgan fingerprint density at radius 2 is 2.16 bits per heavy atom. The molecule has 0 bridgehead atoms. The van der Waals surface area contributed by atoms with Gasteiger partial charge >= 0.3 is 0 Å². The number of nitrogens with zero attached hydrogens (tertiary/aromatic N) is 4. The zero-order valence-electron chi connectivity index (χ0n) is 19.1. The number of amides is 1. The molecule has 0 radical (unpaired) electrons. The Balaban J connectivity index is 1.42. The van der Waals surface area contributed by atoms with Crippen molar-refractivity contribution in [3.8, 4) is 6.07 Å². The van der Waals surface area contributed by atoms with Crippen LogP contribution in [-0.2, 0) is 29.0 Å². The number of anilines is 1. The number of carbonyl (C=O) groups excluding carboxylic acids is 1. The number of ether oxygens (including phenoxy) is 1. The van der Waals surface area contributed by atoms with Gasteiger partial charge in [0.2, 0.25) is 5.91 Å². The van der Waals surface area contributed by atoms with Gasteiger partial charge < -0.3 is 14.5 Å². The van der Waals surface area contributed by atoms with Crippen LogP contribution >= 0.6 is 11.3 Å². The maximum absolute atomic E-state index is 12.9. The predicted molar refractivity (Wildman–Crippen MR) is 125 cm³/mol. The molecule has 2 aromatic heterocycles. The van der Waals surface area contributed by atoms with Gasteiger partial charge in [0, 0.05) is 48.5 Å². The van der Waals surface area contributed by atoms with Crippen LogP contribution in [0.4, 0.5) is 5.82 Å². The van der Waals surface area contributed by atoms with Crippen molar-refractivity contribution in [3.63, 3.8) is 0 Å². The van der Waals surface area contributed by atoms with Crippen molar-refractivity contribution in [1.82, 2.24) is 9.88 Å². The third kappa shape index (κ3) is 4.02. The van der Waals surface area contributed by atoms with Gasteiger partial charge in [-0.3, -0.25) is 4.79 Å². The summed E-state index contributed by atoms with van der Waals surface area (Å²) < 4.78 is 6.09. The van der Waals surface area contributed by atoms with E-state index >= 15 is 0 Å². The zero-order chi connectivity index (χ0) is 22.5. The summed E-state index contributed by atoms with van der Waals surface area (Å²) in [6.07, 6.45) is 3.52. The van der Waals surface area contributed by atoms with Crippen LogP contribution in [0.25, 0.3) is 0 Å². The Labute approximate surface area is 193 Å². The number of thiophene rings is 1. The first-order chi connectivity index (χ1) is 15.4. The van der Waals surface area contributed by atoms with E-state index in [1.165, 1.54) is 0 Å². The highest BCUT2D eigenvalue weighted by molar-refractivity contribution is 7.10. The summed E-state index contributed by atoms with van der Waals surface area (Å²) in [6, 6.07) is 6.57. The van der Waals surface area contributed by atoms with Crippen molar-refractivity contribution >= 4 is 23.1 Å². The second kappa shape index (κ2) is 8.17. The fourth-order valence-corrected chi connectivity index (χ4v) is 5.70. The van der Waals surface area contributed by atoms with Gasteiger partial charge in [0.05, 0.1) is 29.9 Å². The van der Waals surface area contributed by atoms with Crippen LogP contribution in [0.15, 0.2) is 17.5 Å². The van der Waals surface area contributed by atoms with Crippen LogP contribution in [0.2, 0.25) is 0 Å². The van der Waals surface area contributed by atoms with Crippen molar-refractivity contribution in [2.45, 2.75) is 70.6 Å². The van der Waals surface area contributed by atoms with E-state index in [4.69, 9.17) is 9.72 Å². The Hall–Kier alpha value is -2.43. The number of fused-ring (bicyclic) bond motifs is 1. The Bertz CT molecular complexity index is 1070. The molecule has 0 unspecified atom stereocenters. The first kappa shape index (κ1) is 21.4. The number of nitriles is 1. The molecular weight excluding hydrogens is 420 g/mol. The molecule has 1 saturated carbocycles. The first-order valence-corrected chi connectivity index (χ1v) is 12.4. The van der Waals surface area contributed by atoms with Gasteiger partial charge in [-0.05, 0) is 50.6 Å². The fraction of sp³-hybridized carbons (Fsp3) is 0.560. The molecular formula is C25H30N4O2S. The van der Waals surface area contributed by atoms with Gasteiger partial charge in [-0.25, -0.2) is 4.98 Å². The molecule has 2 fully saturated rings. The van der Waals surface area contributed by atoms with Crippen molar-refractivity contribution in [1.29, 1.82) is 5.26 Å². The van der Waals surface area contributed by atoms with Gasteiger partial charge in [-0.2, -0.15) is 5.26 Å². The average molecular weight is 451 g/mol. The van der Waals surface area contributed by atoms with Crippen LogP contribution in [-0.4, -0.2) is 47.1 Å². The average Bonchev–Trinajstić information content (AvgIpc) is 3.48. The summed E-state index contributed by atoms with van der Waals surface area (Å²) in [5.74, 6) is 1.48. The third-order valence-electron chi connectivity index (χ3n) is 6.86. The lowest BCUT2D eigenvalue weighted by atomic mass is 9.87. The molecule has 0 spiro atoms. The molecule has 7 heteroatoms. The topological polar surface area (TPSA) is 69.5 Å². The molecule has 6 nitrogen and oxygen atoms in total. The molecule has 0 N–H and O–H groups in total. The molecule has 1 aliphatic carbocycles. The van der Waals surface area contributed by atoms with Crippen molar-refractivity contribution in [3.05, 3.63) is 44.8 Å². The minimum Gasteiger partial charge on any atom is -0.370 e. The Kier molecular flexibility index (Phi) is 5.47. The molecule has 32 heavy (non-hydrogen) atoms. The number of aromatic nitrogens is 1. The minimum atomic E-state index is -0.280. The molecule has 2 aromatic rings. The highest BCUT2D eigenvalue weighted by atomic mass is 32.1. The molecule has 1 saturated heterocycles. The predicted octanol–water partition coefficient (Wildman–Crippen LogP) is 4.02. The van der Waals surface area contributed by atoms with Crippen LogP contribution in [0.3, 0.4) is 0 Å². The van der Waals surface area contributed by atoms with E-state index in [2.05, 4.69) is 31.7 Å². The van der Waals surface area contributed by atoms with E-state index in [0.717, 1.165) is 46.8 Å². The van der Waals surface area contributed by atoms with Gasteiger partial charge in [0.1, 0.15) is 11.9 Å². The van der Waals surface area contributed by atoms with Crippen molar-refractivity contribution < 1.29 is 9.53 Å². The Morgan fingerprint density at radius 1 is 1.34 bits per heavy atom. The summed E-state index contributed by atoms with van der Waals surface area (Å²) >= 11 is 1.63. The lowest BCUT2D eigenvalue weighted by Crippen LogP contribution is -2.55. The molecule has 4 heterocycles. The highest BCUT2D eigenvalue weighted by Crippen LogP contribution is 2.45. The molecule has 168 valence electrons. The normalized spacial score (nSPS) is 22.4. The van der Waals surface area contributed by atoms with Crippen molar-refractivity contribution in [2.75, 3.05) is 24.5 Å². The summed E-state index contributed by atoms with van der Waals surface area (Å²) in [5, 5.41) is 12.2. The van der Waals surface area contributed by atoms with E-state index in [-0.39, 0.29) is 17.6 Å². The quantitative estimate of drug-likeness (QED) is 0.704. The molecule has 1 atom stereocenters. The highest BCUT2D eigenvalue weighted by Gasteiger charge is 2.38. The number of carbonyl (C=O) groups is 1. The monoisotopic (exact) mass is 450 g/mol. The maximum atomic E-state index is 12.9. The first-order valence-electron chi connectivity index (χ1n) is 11.5. The largest absolute Gasteiger partial charge is 0.370 e. The summed E-state index contributed by atoms with van der Waals surface area (Å²) in [4.78, 5) is 23.3. The fourth-order valence-electron chi connectivity index (χ4n) is 5.00. The summed E-state index contributed by atoms with van der Waals surface area (Å²) in [7, 11) is 0. The van der Waals surface area contributed by atoms with Gasteiger partial charge in [0.15, 0.2) is 0 Å². The standard InChI is InChI=1S/C25H30N4O2S/c1-16-14-28(8-9-29(16)22(30)11-18-5-4-10-32-18)24-20(13-26)19-12-25(2,3)31-15-21(19)23(27-24)17-6-7-17/h4-5,10,16-17H,6-9,11-12,14-15H2,1-3H3/t16-/m1/s1. The van der Waals surface area contributed by atoms with Gasteiger partial charge in [-0.15, -0.1) is 11.3 Å². The number of rotatable bonds is 4. The van der Waals surface area contributed by atoms with Crippen LogP contribution in [0, 0.1) is 11.3 Å². The number of pyridine rings is 1. The molecule has 3 aliphatic rings. The smallest absolute Gasteiger partial charge is 0.228 e. The lowest BCUT2D eigenvalue weighted by Gasteiger charge is -2.41. The summed E-state index contributed by atoms with van der Waals surface area (Å²) in [6.45, 7) is 8.87. The van der Waals surface area contributed by atoms with Crippen LogP contribution in [0.1, 0.15) is 66.8 Å². The third-order valence-corrected chi connectivity index (χ3v) is 7.74. The van der Waals surface area contributed by atoms with E-state index in [9.17, 15) is 10.1 Å². The van der Waals surface area contributed by atoms with Crippen LogP contribution in [0.5, 0.6) is 0 Å². The molecule has 1 amide bonds. The lowest BCUT2D eigenvalue weighted by molar-refractivity contribution is -0.132. The van der Waals surface area contributed by atoms with E-state index in [1.54, 1.807) is 11.3 Å². The maximum Gasteiger partial charge on any atom is 0.228 e. The number of hydrogen-bond acceptors (Lipinski definition) is 6. The second-order valence-corrected chi connectivity index (χ2v) is 10.9. The van der Waals surface area contributed by atoms with Crippen molar-refractivity contribution in [2.24, 2.45) is 0 Å². The molecule has 0 aromatic carbocycles. The van der Waals surface area contributed by atoms with Crippen LogP contribution < -0.4 is 4.90 Å². The molecule has 2 aliphatic heterocycles. The van der Waals surface area contributed by atoms with Gasteiger partial charge in [-0.1, -0.05) is 6.07 Å². The molecule has 5 rings (SSSR count). The number of hydrogen-bond donors (Lipinski definition) is 0. The summed E-state index contributed by atoms with van der Waals surface area (Å²) in [5.41, 5.74) is 3.82. The second-order valence-electron chi connectivity index (χ2n) is 9.90. The Morgan fingerprint density at radius 3 is 2.81 bits per heavy atom. The minimum absolute atomic E-state index is 0.0738. The van der Waals surface area contributed by atoms with Gasteiger partial charge in [0.25, 0.3) is 0 Å². The van der Waals surface area contributed by atoms with E-state index in [1.807, 2.05) is 22.4 Å².